The summed E-state index contributed by atoms with van der Waals surface area (Å²) >= 11 is 0. The number of aromatic nitrogens is 2. The minimum absolute atomic E-state index is 0.0426. The van der Waals surface area contributed by atoms with Gasteiger partial charge < -0.3 is 19.5 Å². The van der Waals surface area contributed by atoms with E-state index in [0.717, 1.165) is 45.3 Å². The van der Waals surface area contributed by atoms with Crippen LogP contribution in [0.1, 0.15) is 53.6 Å². The van der Waals surface area contributed by atoms with Gasteiger partial charge in [-0.1, -0.05) is 18.2 Å². The second-order valence-electron chi connectivity index (χ2n) is 9.89. The van der Waals surface area contributed by atoms with Crippen molar-refractivity contribution in [2.75, 3.05) is 26.1 Å². The Morgan fingerprint density at radius 3 is 2.78 bits per heavy atom. The number of nitrogens with one attached hydrogen (secondary N) is 1. The maximum Gasteiger partial charge on any atom is 0.306 e. The van der Waals surface area contributed by atoms with E-state index in [1.54, 1.807) is 7.11 Å². The van der Waals surface area contributed by atoms with Crippen LogP contribution in [0.3, 0.4) is 0 Å². The molecule has 7 nitrogen and oxygen atoms in total. The SMILES string of the molecule is COC(=O)CC1COc2cc(NCc3cccc(-n4c(C5CC5)nc5cc(OC)ccc54)c3C)ccc21. The third-order valence-corrected chi connectivity index (χ3v) is 7.51. The molecule has 1 fully saturated rings. The van der Waals surface area contributed by atoms with Crippen LogP contribution in [-0.2, 0) is 16.1 Å². The zero-order chi connectivity index (χ0) is 25.5. The standard InChI is InChI=1S/C30H31N3O4/c1-18-20(16-31-22-9-11-24-21(13-29(34)36-3)17-37-28(24)14-22)5-4-6-26(18)33-27-12-10-23(35-2)15-25(27)32-30(33)19-7-8-19/h4-6,9-12,14-15,19,21,31H,7-8,13,16-17H2,1-3H3. The minimum atomic E-state index is -0.214. The summed E-state index contributed by atoms with van der Waals surface area (Å²) < 4.78 is 18.5. The first-order valence-corrected chi connectivity index (χ1v) is 12.8. The van der Waals surface area contributed by atoms with Gasteiger partial charge in [0.1, 0.15) is 17.3 Å². The van der Waals surface area contributed by atoms with Crippen molar-refractivity contribution in [3.05, 3.63) is 77.1 Å². The van der Waals surface area contributed by atoms with E-state index in [9.17, 15) is 4.79 Å². The van der Waals surface area contributed by atoms with Crippen LogP contribution in [0.2, 0.25) is 0 Å². The Bertz CT molecular complexity index is 1490. The smallest absolute Gasteiger partial charge is 0.306 e. The molecule has 190 valence electrons. The van der Waals surface area contributed by atoms with E-state index in [1.165, 1.54) is 31.1 Å². The number of fused-ring (bicyclic) bond motifs is 2. The van der Waals surface area contributed by atoms with Crippen molar-refractivity contribution in [1.82, 2.24) is 9.55 Å². The molecule has 1 aromatic heterocycles. The molecule has 1 N–H and O–H groups in total. The predicted octanol–water partition coefficient (Wildman–Crippen LogP) is 5.87. The summed E-state index contributed by atoms with van der Waals surface area (Å²) in [7, 11) is 3.11. The third kappa shape index (κ3) is 4.39. The van der Waals surface area contributed by atoms with Crippen LogP contribution in [0.5, 0.6) is 11.5 Å². The molecule has 6 rings (SSSR count). The average Bonchev–Trinajstić information content (AvgIpc) is 3.60. The van der Waals surface area contributed by atoms with E-state index in [2.05, 4.69) is 53.2 Å². The Hall–Kier alpha value is -4.00. The number of rotatable bonds is 8. The van der Waals surface area contributed by atoms with Crippen molar-refractivity contribution in [3.8, 4) is 17.2 Å². The van der Waals surface area contributed by atoms with E-state index < -0.39 is 0 Å². The second kappa shape index (κ2) is 9.47. The van der Waals surface area contributed by atoms with Crippen LogP contribution < -0.4 is 14.8 Å². The van der Waals surface area contributed by atoms with Crippen LogP contribution in [0.15, 0.2) is 54.6 Å². The van der Waals surface area contributed by atoms with E-state index in [1.807, 2.05) is 18.2 Å². The van der Waals surface area contributed by atoms with Gasteiger partial charge >= 0.3 is 5.97 Å². The summed E-state index contributed by atoms with van der Waals surface area (Å²) in [5.41, 5.74) is 7.73. The fourth-order valence-corrected chi connectivity index (χ4v) is 5.22. The average molecular weight is 498 g/mol. The van der Waals surface area contributed by atoms with Gasteiger partial charge in [-0.25, -0.2) is 4.98 Å². The number of nitrogens with zero attached hydrogens (tertiary/aromatic N) is 2. The van der Waals surface area contributed by atoms with Crippen molar-refractivity contribution in [2.45, 2.75) is 44.6 Å². The Kier molecular flexibility index (Phi) is 5.99. The molecule has 0 saturated heterocycles. The van der Waals surface area contributed by atoms with Gasteiger partial charge in [0.25, 0.3) is 0 Å². The number of ether oxygens (including phenoxy) is 3. The molecule has 4 aromatic rings. The van der Waals surface area contributed by atoms with Crippen LogP contribution in [-0.4, -0.2) is 36.3 Å². The molecule has 1 aliphatic heterocycles. The van der Waals surface area contributed by atoms with Gasteiger partial charge in [-0.2, -0.15) is 0 Å². The van der Waals surface area contributed by atoms with E-state index in [0.29, 0.717) is 25.5 Å². The van der Waals surface area contributed by atoms with E-state index >= 15 is 0 Å². The highest BCUT2D eigenvalue weighted by Gasteiger charge is 2.31. The number of imidazole rings is 1. The highest BCUT2D eigenvalue weighted by atomic mass is 16.5. The normalized spacial score (nSPS) is 16.4. The zero-order valence-corrected chi connectivity index (χ0v) is 21.4. The first-order chi connectivity index (χ1) is 18.1. The fourth-order valence-electron chi connectivity index (χ4n) is 5.22. The molecule has 37 heavy (non-hydrogen) atoms. The Morgan fingerprint density at radius 2 is 2.00 bits per heavy atom. The maximum atomic E-state index is 11.7. The topological polar surface area (TPSA) is 74.6 Å². The molecule has 0 amide bonds. The molecular weight excluding hydrogens is 466 g/mol. The lowest BCUT2D eigenvalue weighted by Gasteiger charge is -2.16. The fraction of sp³-hybridized carbons (Fsp3) is 0.333. The summed E-state index contributed by atoms with van der Waals surface area (Å²) in [5, 5.41) is 3.56. The third-order valence-electron chi connectivity index (χ3n) is 7.51. The molecule has 3 aromatic carbocycles. The van der Waals surface area contributed by atoms with Gasteiger partial charge in [0.15, 0.2) is 0 Å². The molecule has 0 radical (unpaired) electrons. The number of carbonyl (C=O) groups is 1. The lowest BCUT2D eigenvalue weighted by atomic mass is 9.97. The highest BCUT2D eigenvalue weighted by Crippen LogP contribution is 2.43. The number of carbonyl (C=O) groups excluding carboxylic acids is 1. The molecule has 2 heterocycles. The predicted molar refractivity (Wildman–Crippen MR) is 143 cm³/mol. The molecule has 7 heteroatoms. The first-order valence-electron chi connectivity index (χ1n) is 12.8. The second-order valence-corrected chi connectivity index (χ2v) is 9.89. The summed E-state index contributed by atoms with van der Waals surface area (Å²) in [6, 6.07) is 18.7. The Morgan fingerprint density at radius 1 is 1.14 bits per heavy atom. The van der Waals surface area contributed by atoms with Gasteiger partial charge in [-0.3, -0.25) is 9.36 Å². The molecule has 1 unspecified atom stereocenters. The van der Waals surface area contributed by atoms with Gasteiger partial charge in [0.2, 0.25) is 0 Å². The molecule has 0 spiro atoms. The number of esters is 1. The summed E-state index contributed by atoms with van der Waals surface area (Å²) in [6.45, 7) is 3.37. The largest absolute Gasteiger partial charge is 0.497 e. The highest BCUT2D eigenvalue weighted by molar-refractivity contribution is 5.80. The van der Waals surface area contributed by atoms with Crippen LogP contribution in [0.4, 0.5) is 5.69 Å². The zero-order valence-electron chi connectivity index (χ0n) is 21.4. The van der Waals surface area contributed by atoms with Gasteiger partial charge in [0.05, 0.1) is 44.0 Å². The summed E-state index contributed by atoms with van der Waals surface area (Å²) in [5.74, 6) is 3.13. The number of benzene rings is 3. The Balaban J connectivity index is 1.26. The quantitative estimate of drug-likeness (QED) is 0.307. The molecule has 1 saturated carbocycles. The summed E-state index contributed by atoms with van der Waals surface area (Å²) in [4.78, 5) is 16.7. The van der Waals surface area contributed by atoms with Crippen molar-refractivity contribution in [2.24, 2.45) is 0 Å². The van der Waals surface area contributed by atoms with Crippen LogP contribution >= 0.6 is 0 Å². The van der Waals surface area contributed by atoms with Crippen molar-refractivity contribution >= 4 is 22.7 Å². The first kappa shape index (κ1) is 23.4. The van der Waals surface area contributed by atoms with E-state index in [-0.39, 0.29) is 11.9 Å². The van der Waals surface area contributed by atoms with E-state index in [4.69, 9.17) is 19.2 Å². The lowest BCUT2D eigenvalue weighted by molar-refractivity contribution is -0.141. The van der Waals surface area contributed by atoms with Crippen molar-refractivity contribution < 1.29 is 19.0 Å². The lowest BCUT2D eigenvalue weighted by Crippen LogP contribution is -2.09. The maximum absolute atomic E-state index is 11.7. The monoisotopic (exact) mass is 497 g/mol. The van der Waals surface area contributed by atoms with Crippen molar-refractivity contribution in [1.29, 1.82) is 0 Å². The molecular formula is C30H31N3O4. The van der Waals surface area contributed by atoms with Gasteiger partial charge in [-0.15, -0.1) is 0 Å². The van der Waals surface area contributed by atoms with Crippen molar-refractivity contribution in [3.63, 3.8) is 0 Å². The van der Waals surface area contributed by atoms with Gasteiger partial charge in [-0.05, 0) is 55.2 Å². The Labute approximate surface area is 216 Å². The minimum Gasteiger partial charge on any atom is -0.497 e. The number of methoxy groups -OCH3 is 2. The number of anilines is 1. The molecule has 0 bridgehead atoms. The van der Waals surface area contributed by atoms with Gasteiger partial charge in [0, 0.05) is 41.8 Å². The summed E-state index contributed by atoms with van der Waals surface area (Å²) in [6.07, 6.45) is 2.70. The number of hydrogen-bond acceptors (Lipinski definition) is 6. The molecule has 1 aliphatic carbocycles. The molecule has 2 aliphatic rings. The molecule has 1 atom stereocenters. The van der Waals surface area contributed by atoms with Crippen LogP contribution in [0, 0.1) is 6.92 Å². The number of hydrogen-bond donors (Lipinski definition) is 1. The van der Waals surface area contributed by atoms with Crippen LogP contribution in [0.25, 0.3) is 16.7 Å².